The average Bonchev–Trinajstić information content (AvgIpc) is 2.66. The van der Waals surface area contributed by atoms with Crippen LogP contribution in [0.5, 0.6) is 0 Å². The van der Waals surface area contributed by atoms with Crippen LogP contribution in [0.15, 0.2) is 40.8 Å². The molecule has 0 aliphatic heterocycles. The zero-order valence-corrected chi connectivity index (χ0v) is 9.76. The van der Waals surface area contributed by atoms with Gasteiger partial charge in [0, 0.05) is 10.6 Å². The van der Waals surface area contributed by atoms with E-state index in [9.17, 15) is 4.79 Å². The molecule has 0 spiro atoms. The molecule has 2 aromatic rings. The van der Waals surface area contributed by atoms with Gasteiger partial charge in [-0.2, -0.15) is 0 Å². The summed E-state index contributed by atoms with van der Waals surface area (Å²) in [6.45, 7) is 0. The molecule has 0 saturated carbocycles. The summed E-state index contributed by atoms with van der Waals surface area (Å²) in [7, 11) is 0. The third-order valence-electron chi connectivity index (χ3n) is 2.10. The predicted molar refractivity (Wildman–Crippen MR) is 63.7 cm³/mol. The smallest absolute Gasteiger partial charge is 0.229 e. The number of carbonyl (C=O) groups excluding carboxylic acids is 1. The lowest BCUT2D eigenvalue weighted by atomic mass is 10.2. The summed E-state index contributed by atoms with van der Waals surface area (Å²) in [5.74, 6) is 1.26. The van der Waals surface area contributed by atoms with E-state index in [1.807, 2.05) is 12.1 Å². The van der Waals surface area contributed by atoms with Crippen LogP contribution in [0.25, 0.3) is 11.3 Å². The van der Waals surface area contributed by atoms with Crippen molar-refractivity contribution in [2.45, 2.75) is 6.42 Å². The molecule has 0 bridgehead atoms. The number of furan rings is 1. The van der Waals surface area contributed by atoms with E-state index in [0.717, 1.165) is 5.56 Å². The molecule has 2 rings (SSSR count). The Morgan fingerprint density at radius 2 is 1.81 bits per heavy atom. The number of hydrogen-bond acceptors (Lipinski definition) is 2. The fourth-order valence-electron chi connectivity index (χ4n) is 1.38. The minimum absolute atomic E-state index is 0.106. The topological polar surface area (TPSA) is 30.2 Å². The Hall–Kier alpha value is -1.25. The van der Waals surface area contributed by atoms with Gasteiger partial charge < -0.3 is 4.42 Å². The van der Waals surface area contributed by atoms with Crippen molar-refractivity contribution in [1.82, 2.24) is 0 Å². The molecule has 0 saturated heterocycles. The Morgan fingerprint density at radius 3 is 2.44 bits per heavy atom. The molecule has 0 N–H and O–H groups in total. The minimum atomic E-state index is -0.433. The highest BCUT2D eigenvalue weighted by molar-refractivity contribution is 6.63. The van der Waals surface area contributed by atoms with E-state index < -0.39 is 5.24 Å². The third-order valence-corrected chi connectivity index (χ3v) is 2.49. The van der Waals surface area contributed by atoms with Crippen LogP contribution in [0.2, 0.25) is 5.02 Å². The van der Waals surface area contributed by atoms with Crippen LogP contribution in [0, 0.1) is 0 Å². The van der Waals surface area contributed by atoms with Crippen LogP contribution in [-0.4, -0.2) is 5.24 Å². The maximum atomic E-state index is 10.7. The van der Waals surface area contributed by atoms with Gasteiger partial charge in [-0.05, 0) is 48.0 Å². The Morgan fingerprint density at radius 1 is 1.12 bits per heavy atom. The second kappa shape index (κ2) is 4.73. The maximum absolute atomic E-state index is 10.7. The van der Waals surface area contributed by atoms with Crippen LogP contribution < -0.4 is 0 Å². The van der Waals surface area contributed by atoms with Crippen LogP contribution >= 0.6 is 23.2 Å². The summed E-state index contributed by atoms with van der Waals surface area (Å²) in [6.07, 6.45) is 0.106. The van der Waals surface area contributed by atoms with Crippen molar-refractivity contribution in [3.63, 3.8) is 0 Å². The molecule has 16 heavy (non-hydrogen) atoms. The molecule has 0 fully saturated rings. The van der Waals surface area contributed by atoms with Gasteiger partial charge in [-0.15, -0.1) is 0 Å². The predicted octanol–water partition coefficient (Wildman–Crippen LogP) is 3.91. The zero-order valence-electron chi connectivity index (χ0n) is 8.24. The van der Waals surface area contributed by atoms with Gasteiger partial charge in [0.05, 0.1) is 6.42 Å². The van der Waals surface area contributed by atoms with Crippen molar-refractivity contribution < 1.29 is 9.21 Å². The molecule has 0 radical (unpaired) electrons. The molecule has 2 nitrogen and oxygen atoms in total. The molecular weight excluding hydrogens is 247 g/mol. The second-order valence-corrected chi connectivity index (χ2v) is 4.16. The Bertz CT molecular complexity index is 500. The van der Waals surface area contributed by atoms with E-state index in [1.54, 1.807) is 24.3 Å². The number of hydrogen-bond donors (Lipinski definition) is 0. The molecule has 1 aromatic heterocycles. The molecule has 82 valence electrons. The molecule has 4 heteroatoms. The van der Waals surface area contributed by atoms with E-state index in [1.165, 1.54) is 0 Å². The van der Waals surface area contributed by atoms with Gasteiger partial charge in [-0.1, -0.05) is 11.6 Å². The highest BCUT2D eigenvalue weighted by atomic mass is 35.5. The fourth-order valence-corrected chi connectivity index (χ4v) is 1.64. The molecule has 0 aliphatic rings. The molecule has 1 aromatic carbocycles. The molecule has 0 unspecified atom stereocenters. The Kier molecular flexibility index (Phi) is 3.32. The summed E-state index contributed by atoms with van der Waals surface area (Å²) < 4.78 is 5.47. The number of halogens is 2. The molecule has 0 aliphatic carbocycles. The van der Waals surface area contributed by atoms with E-state index in [0.29, 0.717) is 16.5 Å². The van der Waals surface area contributed by atoms with Gasteiger partial charge in [0.1, 0.15) is 11.5 Å². The number of benzene rings is 1. The summed E-state index contributed by atoms with van der Waals surface area (Å²) >= 11 is 11.1. The normalized spacial score (nSPS) is 10.4. The van der Waals surface area contributed by atoms with Crippen LogP contribution in [0.4, 0.5) is 0 Å². The first-order chi connectivity index (χ1) is 7.65. The van der Waals surface area contributed by atoms with Crippen molar-refractivity contribution in [2.24, 2.45) is 0 Å². The van der Waals surface area contributed by atoms with Gasteiger partial charge in [-0.25, -0.2) is 0 Å². The first-order valence-corrected chi connectivity index (χ1v) is 5.44. The van der Waals surface area contributed by atoms with Crippen molar-refractivity contribution in [3.05, 3.63) is 47.2 Å². The van der Waals surface area contributed by atoms with Gasteiger partial charge in [-0.3, -0.25) is 4.79 Å². The van der Waals surface area contributed by atoms with Gasteiger partial charge in [0.2, 0.25) is 5.24 Å². The van der Waals surface area contributed by atoms with Crippen molar-refractivity contribution in [2.75, 3.05) is 0 Å². The first-order valence-electron chi connectivity index (χ1n) is 4.68. The monoisotopic (exact) mass is 254 g/mol. The highest BCUT2D eigenvalue weighted by Gasteiger charge is 2.07. The quantitative estimate of drug-likeness (QED) is 0.778. The minimum Gasteiger partial charge on any atom is -0.461 e. The van der Waals surface area contributed by atoms with Crippen molar-refractivity contribution >= 4 is 28.4 Å². The third kappa shape index (κ3) is 2.65. The van der Waals surface area contributed by atoms with Gasteiger partial charge in [0.25, 0.3) is 0 Å². The molecular formula is C12H8Cl2O2. The maximum Gasteiger partial charge on any atom is 0.229 e. The Balaban J connectivity index is 2.24. The number of carbonyl (C=O) groups is 1. The second-order valence-electron chi connectivity index (χ2n) is 3.30. The summed E-state index contributed by atoms with van der Waals surface area (Å²) in [6, 6.07) is 10.8. The number of rotatable bonds is 3. The summed E-state index contributed by atoms with van der Waals surface area (Å²) in [5, 5.41) is 0.239. The fraction of sp³-hybridized carbons (Fsp3) is 0.0833. The van der Waals surface area contributed by atoms with Crippen LogP contribution in [0.1, 0.15) is 5.76 Å². The van der Waals surface area contributed by atoms with E-state index in [-0.39, 0.29) is 6.42 Å². The van der Waals surface area contributed by atoms with Crippen LogP contribution in [-0.2, 0) is 11.2 Å². The highest BCUT2D eigenvalue weighted by Crippen LogP contribution is 2.24. The van der Waals surface area contributed by atoms with E-state index in [2.05, 4.69) is 0 Å². The lowest BCUT2D eigenvalue weighted by molar-refractivity contribution is -0.111. The largest absolute Gasteiger partial charge is 0.461 e. The van der Waals surface area contributed by atoms with E-state index in [4.69, 9.17) is 27.6 Å². The van der Waals surface area contributed by atoms with Gasteiger partial charge in [0.15, 0.2) is 0 Å². The van der Waals surface area contributed by atoms with Crippen molar-refractivity contribution in [3.8, 4) is 11.3 Å². The van der Waals surface area contributed by atoms with Crippen molar-refractivity contribution in [1.29, 1.82) is 0 Å². The first kappa shape index (κ1) is 11.2. The lowest BCUT2D eigenvalue weighted by Gasteiger charge is -1.96. The molecule has 0 amide bonds. The zero-order chi connectivity index (χ0) is 11.5. The lowest BCUT2D eigenvalue weighted by Crippen LogP contribution is -1.89. The SMILES string of the molecule is O=C(Cl)Cc1ccc(-c2ccc(Cl)cc2)o1. The molecule has 1 heterocycles. The summed E-state index contributed by atoms with van der Waals surface area (Å²) in [4.78, 5) is 10.7. The van der Waals surface area contributed by atoms with Gasteiger partial charge >= 0.3 is 0 Å². The average molecular weight is 255 g/mol. The Labute approximate surface area is 103 Å². The molecule has 0 atom stereocenters. The van der Waals surface area contributed by atoms with E-state index >= 15 is 0 Å². The van der Waals surface area contributed by atoms with Crippen LogP contribution in [0.3, 0.4) is 0 Å². The standard InChI is InChI=1S/C12H8Cl2O2/c13-9-3-1-8(2-4-9)11-6-5-10(16-11)7-12(14)15/h1-6H,7H2. The summed E-state index contributed by atoms with van der Waals surface area (Å²) in [5.41, 5.74) is 0.915.